The Hall–Kier alpha value is -4.31. The maximum Gasteiger partial charge on any atom is 0.224 e. The minimum absolute atomic E-state index is 0.0609. The van der Waals surface area contributed by atoms with E-state index in [1.807, 2.05) is 24.7 Å². The third-order valence-electron chi connectivity index (χ3n) is 8.59. The molecule has 0 radical (unpaired) electrons. The van der Waals surface area contributed by atoms with Crippen LogP contribution in [0, 0.1) is 5.92 Å². The number of H-pyrrole nitrogens is 2. The number of amides is 1. The Labute approximate surface area is 238 Å². The molecule has 5 aromatic rings. The third kappa shape index (κ3) is 5.27. The fourth-order valence-electron chi connectivity index (χ4n) is 6.26. The molecule has 1 aliphatic carbocycles. The van der Waals surface area contributed by atoms with Crippen LogP contribution in [0.1, 0.15) is 38.5 Å². The third-order valence-corrected chi connectivity index (χ3v) is 8.59. The summed E-state index contributed by atoms with van der Waals surface area (Å²) in [7, 11) is 2.16. The smallest absolute Gasteiger partial charge is 0.224 e. The van der Waals surface area contributed by atoms with E-state index < -0.39 is 0 Å². The molecule has 210 valence electrons. The lowest BCUT2D eigenvalue weighted by Crippen LogP contribution is -2.44. The Morgan fingerprint density at radius 2 is 1.73 bits per heavy atom. The number of fused-ring (bicyclic) bond motifs is 2. The van der Waals surface area contributed by atoms with Gasteiger partial charge in [-0.05, 0) is 44.0 Å². The van der Waals surface area contributed by atoms with Gasteiger partial charge in [-0.3, -0.25) is 19.9 Å². The number of rotatable bonds is 6. The number of hydrogen-bond donors (Lipinski definition) is 3. The second kappa shape index (κ2) is 10.9. The molecule has 5 aromatic heterocycles. The van der Waals surface area contributed by atoms with Gasteiger partial charge in [-0.25, -0.2) is 4.98 Å². The van der Waals surface area contributed by atoms with E-state index in [-0.39, 0.29) is 5.91 Å². The number of piperazine rings is 1. The standard InChI is InChI=1S/C31H35N9O/c1-39-7-9-40(10-8-39)28-19-33-18-27-24(28)14-26(36-27)30-25-13-22(16-34-31(25)38-37-30)21-12-23(17-32-15-21)35-29(41)11-20-5-3-2-4-6-20/h12-20,36H,2-11H2,1H3,(H,35,41)(H,34,37,38). The summed E-state index contributed by atoms with van der Waals surface area (Å²) >= 11 is 0. The number of nitrogens with zero attached hydrogens (tertiary/aromatic N) is 6. The largest absolute Gasteiger partial charge is 0.367 e. The van der Waals surface area contributed by atoms with Gasteiger partial charge < -0.3 is 20.1 Å². The van der Waals surface area contributed by atoms with Crippen molar-refractivity contribution < 1.29 is 4.79 Å². The molecular weight excluding hydrogens is 514 g/mol. The van der Waals surface area contributed by atoms with E-state index >= 15 is 0 Å². The van der Waals surface area contributed by atoms with E-state index in [9.17, 15) is 4.79 Å². The number of carbonyl (C=O) groups excluding carboxylic acids is 1. The Morgan fingerprint density at radius 3 is 2.59 bits per heavy atom. The lowest BCUT2D eigenvalue weighted by molar-refractivity contribution is -0.117. The van der Waals surface area contributed by atoms with Gasteiger partial charge in [0, 0.05) is 66.9 Å². The summed E-state index contributed by atoms with van der Waals surface area (Å²) in [6.45, 7) is 4.02. The average Bonchev–Trinajstić information content (AvgIpc) is 3.62. The van der Waals surface area contributed by atoms with E-state index in [1.54, 1.807) is 12.4 Å². The molecule has 41 heavy (non-hydrogen) atoms. The van der Waals surface area contributed by atoms with Crippen LogP contribution in [0.3, 0.4) is 0 Å². The molecule has 1 aliphatic heterocycles. The van der Waals surface area contributed by atoms with E-state index in [1.165, 1.54) is 19.3 Å². The first kappa shape index (κ1) is 25.6. The molecule has 6 heterocycles. The quantitative estimate of drug-likeness (QED) is 0.266. The number of hydrogen-bond acceptors (Lipinski definition) is 7. The van der Waals surface area contributed by atoms with Crippen molar-refractivity contribution in [2.24, 2.45) is 5.92 Å². The predicted octanol–water partition coefficient (Wildman–Crippen LogP) is 5.22. The molecule has 2 aliphatic rings. The van der Waals surface area contributed by atoms with E-state index in [0.29, 0.717) is 23.7 Å². The molecule has 7 rings (SSSR count). The van der Waals surface area contributed by atoms with Crippen molar-refractivity contribution in [2.75, 3.05) is 43.4 Å². The van der Waals surface area contributed by atoms with Crippen LogP contribution in [0.5, 0.6) is 0 Å². The van der Waals surface area contributed by atoms with Gasteiger partial charge in [-0.1, -0.05) is 19.3 Å². The van der Waals surface area contributed by atoms with Crippen LogP contribution in [0.2, 0.25) is 0 Å². The van der Waals surface area contributed by atoms with Gasteiger partial charge in [0.25, 0.3) is 0 Å². The summed E-state index contributed by atoms with van der Waals surface area (Å²) in [4.78, 5) is 34.6. The molecule has 0 spiro atoms. The van der Waals surface area contributed by atoms with Gasteiger partial charge in [0.2, 0.25) is 5.91 Å². The highest BCUT2D eigenvalue weighted by Gasteiger charge is 2.20. The molecule has 10 heteroatoms. The highest BCUT2D eigenvalue weighted by atomic mass is 16.1. The lowest BCUT2D eigenvalue weighted by Gasteiger charge is -2.34. The molecule has 2 fully saturated rings. The summed E-state index contributed by atoms with van der Waals surface area (Å²) in [5, 5.41) is 12.8. The number of nitrogens with one attached hydrogen (secondary N) is 3. The number of aromatic amines is 2. The summed E-state index contributed by atoms with van der Waals surface area (Å²) in [5.41, 5.74) is 7.06. The van der Waals surface area contributed by atoms with E-state index in [2.05, 4.69) is 64.4 Å². The van der Waals surface area contributed by atoms with Gasteiger partial charge in [-0.15, -0.1) is 0 Å². The van der Waals surface area contributed by atoms with Crippen molar-refractivity contribution >= 4 is 39.2 Å². The zero-order valence-electron chi connectivity index (χ0n) is 23.4. The minimum Gasteiger partial charge on any atom is -0.367 e. The van der Waals surface area contributed by atoms with Crippen LogP contribution >= 0.6 is 0 Å². The number of anilines is 2. The van der Waals surface area contributed by atoms with Crippen molar-refractivity contribution in [3.8, 4) is 22.5 Å². The van der Waals surface area contributed by atoms with Crippen LogP contribution in [-0.2, 0) is 4.79 Å². The SMILES string of the molecule is CN1CCN(c2cncc3[nH]c(-c4n[nH]c5ncc(-c6cncc(NC(=O)CC7CCCCC7)c6)cc45)cc23)CC1. The van der Waals surface area contributed by atoms with Crippen LogP contribution in [0.25, 0.3) is 44.5 Å². The fourth-order valence-corrected chi connectivity index (χ4v) is 6.26. The highest BCUT2D eigenvalue weighted by Crippen LogP contribution is 2.34. The molecule has 10 nitrogen and oxygen atoms in total. The second-order valence-corrected chi connectivity index (χ2v) is 11.5. The van der Waals surface area contributed by atoms with E-state index in [4.69, 9.17) is 0 Å². The topological polar surface area (TPSA) is 119 Å². The summed E-state index contributed by atoms with van der Waals surface area (Å²) < 4.78 is 0. The number of aromatic nitrogens is 6. The van der Waals surface area contributed by atoms with Crippen LogP contribution in [-0.4, -0.2) is 74.2 Å². The van der Waals surface area contributed by atoms with Crippen molar-refractivity contribution in [3.63, 3.8) is 0 Å². The number of pyridine rings is 3. The molecule has 1 saturated carbocycles. The molecular formula is C31H35N9O. The maximum absolute atomic E-state index is 12.7. The fraction of sp³-hybridized carbons (Fsp3) is 0.387. The van der Waals surface area contributed by atoms with Crippen molar-refractivity contribution in [2.45, 2.75) is 38.5 Å². The zero-order chi connectivity index (χ0) is 27.8. The molecule has 0 aromatic carbocycles. The Balaban J connectivity index is 1.16. The number of likely N-dealkylation sites (N-methyl/N-ethyl adjacent to an activating group) is 1. The van der Waals surface area contributed by atoms with Gasteiger partial charge in [0.05, 0.1) is 41.2 Å². The van der Waals surface area contributed by atoms with Crippen molar-refractivity contribution in [1.29, 1.82) is 0 Å². The highest BCUT2D eigenvalue weighted by molar-refractivity contribution is 5.99. The van der Waals surface area contributed by atoms with Crippen LogP contribution in [0.15, 0.2) is 49.2 Å². The molecule has 3 N–H and O–H groups in total. The molecule has 1 saturated heterocycles. The lowest BCUT2D eigenvalue weighted by atomic mass is 9.87. The Bertz CT molecular complexity index is 1690. The van der Waals surface area contributed by atoms with Crippen LogP contribution < -0.4 is 10.2 Å². The zero-order valence-corrected chi connectivity index (χ0v) is 23.4. The normalized spacial score (nSPS) is 17.0. The van der Waals surface area contributed by atoms with Crippen molar-refractivity contribution in [3.05, 3.63) is 49.2 Å². The Morgan fingerprint density at radius 1 is 0.927 bits per heavy atom. The number of carbonyl (C=O) groups is 1. The summed E-state index contributed by atoms with van der Waals surface area (Å²) in [5.74, 6) is 0.551. The van der Waals surface area contributed by atoms with Gasteiger partial charge in [0.15, 0.2) is 5.65 Å². The first-order valence-electron chi connectivity index (χ1n) is 14.6. The van der Waals surface area contributed by atoms with E-state index in [0.717, 1.165) is 83.5 Å². The molecule has 0 unspecified atom stereocenters. The molecule has 0 bridgehead atoms. The van der Waals surface area contributed by atoms with Crippen molar-refractivity contribution in [1.82, 2.24) is 35.0 Å². The summed E-state index contributed by atoms with van der Waals surface area (Å²) in [6, 6.07) is 6.21. The second-order valence-electron chi connectivity index (χ2n) is 11.5. The van der Waals surface area contributed by atoms with Gasteiger partial charge >= 0.3 is 0 Å². The maximum atomic E-state index is 12.7. The van der Waals surface area contributed by atoms with Gasteiger partial charge in [0.1, 0.15) is 5.69 Å². The Kier molecular flexibility index (Phi) is 6.84. The average molecular weight is 550 g/mol. The first-order valence-corrected chi connectivity index (χ1v) is 14.6. The molecule has 1 amide bonds. The summed E-state index contributed by atoms with van der Waals surface area (Å²) in [6.07, 6.45) is 15.8. The minimum atomic E-state index is 0.0609. The van der Waals surface area contributed by atoms with Gasteiger partial charge in [-0.2, -0.15) is 5.10 Å². The first-order chi connectivity index (χ1) is 20.1. The van der Waals surface area contributed by atoms with Crippen LogP contribution in [0.4, 0.5) is 11.4 Å². The molecule has 0 atom stereocenters. The predicted molar refractivity (Wildman–Crippen MR) is 162 cm³/mol. The monoisotopic (exact) mass is 549 g/mol.